The Morgan fingerprint density at radius 2 is 1.69 bits per heavy atom. The van der Waals surface area contributed by atoms with Crippen molar-refractivity contribution in [1.29, 1.82) is 0 Å². The Kier molecular flexibility index (Phi) is 4.26. The third-order valence-corrected chi connectivity index (χ3v) is 6.39. The molecule has 1 saturated heterocycles. The molecule has 1 N–H and O–H groups in total. The Hall–Kier alpha value is -2.64. The molecular weight excluding hydrogens is 376 g/mol. The quantitative estimate of drug-likeness (QED) is 0.826. The van der Waals surface area contributed by atoms with Crippen molar-refractivity contribution in [2.24, 2.45) is 11.8 Å². The molecule has 2 aliphatic heterocycles. The molecule has 154 valence electrons. The summed E-state index contributed by atoms with van der Waals surface area (Å²) in [5, 5.41) is 10.3. The summed E-state index contributed by atoms with van der Waals surface area (Å²) in [6.07, 6.45) is 0.823. The summed E-state index contributed by atoms with van der Waals surface area (Å²) in [6.45, 7) is 0.779. The van der Waals surface area contributed by atoms with Gasteiger partial charge in [0.25, 0.3) is 0 Å². The minimum Gasteiger partial charge on any atom is -0.493 e. The highest BCUT2D eigenvalue weighted by Gasteiger charge is 2.56. The third-order valence-electron chi connectivity index (χ3n) is 6.39. The number of ether oxygens (including phenoxy) is 6. The molecule has 29 heavy (non-hydrogen) atoms. The molecule has 1 aliphatic carbocycles. The first-order chi connectivity index (χ1) is 14.2. The SMILES string of the molecule is COc1cc([C@]23OC[C@H](Cc4cc5c(cc42)OCO5)[C@H]3CO)cc(OC)c1OC. The lowest BCUT2D eigenvalue weighted by molar-refractivity contribution is -0.00721. The van der Waals surface area contributed by atoms with Crippen LogP contribution in [0.25, 0.3) is 0 Å². The zero-order valence-corrected chi connectivity index (χ0v) is 16.7. The summed E-state index contributed by atoms with van der Waals surface area (Å²) >= 11 is 0. The highest BCUT2D eigenvalue weighted by molar-refractivity contribution is 5.60. The van der Waals surface area contributed by atoms with E-state index in [0.717, 1.165) is 28.9 Å². The summed E-state index contributed by atoms with van der Waals surface area (Å²) < 4.78 is 34.4. The molecule has 7 nitrogen and oxygen atoms in total. The highest BCUT2D eigenvalue weighted by atomic mass is 16.7. The van der Waals surface area contributed by atoms with Gasteiger partial charge in [-0.05, 0) is 53.3 Å². The first-order valence-corrected chi connectivity index (χ1v) is 9.64. The molecule has 2 aromatic rings. The van der Waals surface area contributed by atoms with Crippen molar-refractivity contribution in [3.05, 3.63) is 41.0 Å². The second-order valence-corrected chi connectivity index (χ2v) is 7.58. The number of hydrogen-bond donors (Lipinski definition) is 1. The zero-order valence-electron chi connectivity index (χ0n) is 16.7. The Balaban J connectivity index is 1.77. The van der Waals surface area contributed by atoms with E-state index in [4.69, 9.17) is 28.4 Å². The normalized spacial score (nSPS) is 26.2. The minimum absolute atomic E-state index is 0.00914. The first kappa shape index (κ1) is 18.4. The number of methoxy groups -OCH3 is 3. The van der Waals surface area contributed by atoms with Crippen molar-refractivity contribution >= 4 is 0 Å². The van der Waals surface area contributed by atoms with Gasteiger partial charge in [0.05, 0.1) is 27.9 Å². The molecule has 0 spiro atoms. The van der Waals surface area contributed by atoms with Gasteiger partial charge in [-0.1, -0.05) is 0 Å². The van der Waals surface area contributed by atoms with Crippen LogP contribution in [0.4, 0.5) is 0 Å². The molecule has 3 aliphatic rings. The fourth-order valence-electron chi connectivity index (χ4n) is 5.08. The molecule has 2 aromatic carbocycles. The Labute approximate surface area is 169 Å². The van der Waals surface area contributed by atoms with Gasteiger partial charge in [-0.2, -0.15) is 0 Å². The number of hydrogen-bond acceptors (Lipinski definition) is 7. The van der Waals surface area contributed by atoms with Crippen molar-refractivity contribution < 1.29 is 33.5 Å². The zero-order chi connectivity index (χ0) is 20.2. The van der Waals surface area contributed by atoms with Gasteiger partial charge in [-0.15, -0.1) is 0 Å². The summed E-state index contributed by atoms with van der Waals surface area (Å²) in [4.78, 5) is 0. The van der Waals surface area contributed by atoms with E-state index in [2.05, 4.69) is 0 Å². The third kappa shape index (κ3) is 2.44. The molecule has 0 saturated carbocycles. The van der Waals surface area contributed by atoms with Gasteiger partial charge in [0.1, 0.15) is 5.60 Å². The largest absolute Gasteiger partial charge is 0.493 e. The van der Waals surface area contributed by atoms with Crippen LogP contribution < -0.4 is 23.7 Å². The molecule has 0 radical (unpaired) electrons. The van der Waals surface area contributed by atoms with Crippen LogP contribution in [-0.4, -0.2) is 46.4 Å². The molecule has 2 bridgehead atoms. The number of aliphatic hydroxyl groups is 1. The van der Waals surface area contributed by atoms with Gasteiger partial charge < -0.3 is 33.5 Å². The van der Waals surface area contributed by atoms with Crippen LogP contribution in [0.3, 0.4) is 0 Å². The summed E-state index contributed by atoms with van der Waals surface area (Å²) in [6, 6.07) is 7.85. The molecule has 1 fully saturated rings. The van der Waals surface area contributed by atoms with Crippen LogP contribution >= 0.6 is 0 Å². The molecule has 7 heteroatoms. The predicted octanol–water partition coefficient (Wildman–Crippen LogP) is 2.50. The van der Waals surface area contributed by atoms with Gasteiger partial charge in [0, 0.05) is 12.5 Å². The predicted molar refractivity (Wildman–Crippen MR) is 103 cm³/mol. The van der Waals surface area contributed by atoms with Crippen LogP contribution in [0, 0.1) is 11.8 Å². The Morgan fingerprint density at radius 3 is 2.31 bits per heavy atom. The number of benzene rings is 2. The summed E-state index contributed by atoms with van der Waals surface area (Å²) in [5.74, 6) is 3.17. The molecule has 2 heterocycles. The average molecular weight is 400 g/mol. The standard InChI is InChI=1S/C22H24O7/c1-24-19-6-14(7-20(25-2)21(19)26-3)22-15-8-18-17(27-11-28-18)5-12(15)4-13(10-29-22)16(22)9-23/h5-8,13,16,23H,4,9-11H2,1-3H3/t13-,16+,22-/m0/s1. The van der Waals surface area contributed by atoms with Crippen LogP contribution in [0.15, 0.2) is 24.3 Å². The molecule has 3 atom stereocenters. The lowest BCUT2D eigenvalue weighted by Gasteiger charge is -2.41. The second-order valence-electron chi connectivity index (χ2n) is 7.58. The van der Waals surface area contributed by atoms with Crippen LogP contribution in [0.1, 0.15) is 16.7 Å². The lowest BCUT2D eigenvalue weighted by atomic mass is 9.65. The van der Waals surface area contributed by atoms with E-state index in [1.807, 2.05) is 24.3 Å². The second kappa shape index (κ2) is 6.71. The molecule has 0 aromatic heterocycles. The molecule has 0 amide bonds. The molecule has 5 rings (SSSR count). The Bertz CT molecular complexity index is 931. The van der Waals surface area contributed by atoms with Gasteiger partial charge in [0.2, 0.25) is 12.5 Å². The van der Waals surface area contributed by atoms with Crippen molar-refractivity contribution in [2.75, 3.05) is 41.3 Å². The van der Waals surface area contributed by atoms with E-state index < -0.39 is 5.60 Å². The maximum Gasteiger partial charge on any atom is 0.231 e. The van der Waals surface area contributed by atoms with E-state index in [0.29, 0.717) is 29.6 Å². The van der Waals surface area contributed by atoms with Crippen molar-refractivity contribution in [3.8, 4) is 28.7 Å². The summed E-state index contributed by atoms with van der Waals surface area (Å²) in [5.41, 5.74) is 2.16. The topological polar surface area (TPSA) is 75.6 Å². The first-order valence-electron chi connectivity index (χ1n) is 9.64. The molecule has 0 unspecified atom stereocenters. The van der Waals surface area contributed by atoms with Gasteiger partial charge in [0.15, 0.2) is 23.0 Å². The highest BCUT2D eigenvalue weighted by Crippen LogP contribution is 2.58. The van der Waals surface area contributed by atoms with E-state index in [1.54, 1.807) is 21.3 Å². The maximum absolute atomic E-state index is 10.3. The fraction of sp³-hybridized carbons (Fsp3) is 0.455. The van der Waals surface area contributed by atoms with E-state index in [9.17, 15) is 5.11 Å². The number of fused-ring (bicyclic) bond motifs is 5. The van der Waals surface area contributed by atoms with Gasteiger partial charge in [-0.3, -0.25) is 0 Å². The van der Waals surface area contributed by atoms with E-state index in [1.165, 1.54) is 0 Å². The van der Waals surface area contributed by atoms with Gasteiger partial charge in [-0.25, -0.2) is 0 Å². The smallest absolute Gasteiger partial charge is 0.231 e. The van der Waals surface area contributed by atoms with Crippen LogP contribution in [0.5, 0.6) is 28.7 Å². The fourth-order valence-corrected chi connectivity index (χ4v) is 5.08. The van der Waals surface area contributed by atoms with E-state index >= 15 is 0 Å². The average Bonchev–Trinajstić information content (AvgIpc) is 3.32. The van der Waals surface area contributed by atoms with Crippen molar-refractivity contribution in [2.45, 2.75) is 12.0 Å². The number of rotatable bonds is 5. The minimum atomic E-state index is -0.833. The van der Waals surface area contributed by atoms with Crippen LogP contribution in [-0.2, 0) is 16.8 Å². The maximum atomic E-state index is 10.3. The monoisotopic (exact) mass is 400 g/mol. The van der Waals surface area contributed by atoms with E-state index in [-0.39, 0.29) is 25.2 Å². The Morgan fingerprint density at radius 1 is 1.00 bits per heavy atom. The molecular formula is C22H24O7. The number of aliphatic hydroxyl groups excluding tert-OH is 1. The van der Waals surface area contributed by atoms with Crippen molar-refractivity contribution in [1.82, 2.24) is 0 Å². The lowest BCUT2D eigenvalue weighted by Crippen LogP contribution is -2.42. The van der Waals surface area contributed by atoms with Crippen LogP contribution in [0.2, 0.25) is 0 Å². The van der Waals surface area contributed by atoms with Crippen molar-refractivity contribution in [3.63, 3.8) is 0 Å². The summed E-state index contributed by atoms with van der Waals surface area (Å²) in [7, 11) is 4.76. The van der Waals surface area contributed by atoms with Gasteiger partial charge >= 0.3 is 0 Å².